The molecule has 2 rings (SSSR count). The van der Waals surface area contributed by atoms with Crippen LogP contribution in [0.4, 0.5) is 5.69 Å². The predicted molar refractivity (Wildman–Crippen MR) is 46.0 cm³/mol. The van der Waals surface area contributed by atoms with Crippen LogP contribution >= 0.6 is 0 Å². The molecule has 1 aliphatic heterocycles. The van der Waals surface area contributed by atoms with Gasteiger partial charge in [0.1, 0.15) is 0 Å². The Morgan fingerprint density at radius 2 is 2.67 bits per heavy atom. The molecule has 1 aromatic rings. The van der Waals surface area contributed by atoms with Crippen LogP contribution in [-0.4, -0.2) is 29.0 Å². The first kappa shape index (κ1) is 7.61. The van der Waals surface area contributed by atoms with E-state index < -0.39 is 0 Å². The van der Waals surface area contributed by atoms with Crippen molar-refractivity contribution in [1.29, 1.82) is 0 Å². The van der Waals surface area contributed by atoms with Crippen LogP contribution in [0.25, 0.3) is 0 Å². The molecule has 2 unspecified atom stereocenters. The van der Waals surface area contributed by atoms with Gasteiger partial charge >= 0.3 is 0 Å². The van der Waals surface area contributed by atoms with Crippen LogP contribution in [0, 0.1) is 0 Å². The van der Waals surface area contributed by atoms with Crippen molar-refractivity contribution in [2.24, 2.45) is 0 Å². The molecule has 4 heteroatoms. The molecular formula is C8H13N3O. The van der Waals surface area contributed by atoms with Gasteiger partial charge in [0.15, 0.2) is 0 Å². The minimum absolute atomic E-state index is 0.305. The van der Waals surface area contributed by atoms with Crippen LogP contribution in [0.1, 0.15) is 13.3 Å². The van der Waals surface area contributed by atoms with Gasteiger partial charge in [-0.15, -0.1) is 0 Å². The van der Waals surface area contributed by atoms with Crippen LogP contribution in [0.5, 0.6) is 0 Å². The third-order valence-electron chi connectivity index (χ3n) is 2.23. The Balaban J connectivity index is 1.95. The first-order valence-electron chi connectivity index (χ1n) is 4.23. The number of hydrogen-bond donors (Lipinski definition) is 2. The molecule has 0 bridgehead atoms. The summed E-state index contributed by atoms with van der Waals surface area (Å²) in [6.45, 7) is 2.95. The van der Waals surface area contributed by atoms with E-state index in [9.17, 15) is 0 Å². The zero-order chi connectivity index (χ0) is 8.39. The second kappa shape index (κ2) is 3.15. The van der Waals surface area contributed by atoms with E-state index in [0.29, 0.717) is 12.1 Å². The zero-order valence-corrected chi connectivity index (χ0v) is 7.08. The van der Waals surface area contributed by atoms with Gasteiger partial charge in [0.05, 0.1) is 24.0 Å². The Morgan fingerprint density at radius 3 is 3.25 bits per heavy atom. The summed E-state index contributed by atoms with van der Waals surface area (Å²) in [5.41, 5.74) is 1.04. The van der Waals surface area contributed by atoms with Crippen molar-refractivity contribution in [3.63, 3.8) is 0 Å². The van der Waals surface area contributed by atoms with Gasteiger partial charge in [0, 0.05) is 12.8 Å². The minimum atomic E-state index is 0.305. The lowest BCUT2D eigenvalue weighted by Crippen LogP contribution is -2.26. The van der Waals surface area contributed by atoms with Crippen LogP contribution in [0.2, 0.25) is 0 Å². The Bertz CT molecular complexity index is 234. The molecule has 1 aromatic heterocycles. The molecule has 1 aliphatic rings. The number of H-pyrrole nitrogens is 1. The normalized spacial score (nSPS) is 29.1. The molecule has 2 N–H and O–H groups in total. The van der Waals surface area contributed by atoms with Crippen molar-refractivity contribution in [2.75, 3.05) is 11.9 Å². The van der Waals surface area contributed by atoms with Gasteiger partial charge in [-0.1, -0.05) is 0 Å². The summed E-state index contributed by atoms with van der Waals surface area (Å²) in [5, 5.41) is 9.98. The predicted octanol–water partition coefficient (Wildman–Crippen LogP) is 0.999. The molecule has 4 nitrogen and oxygen atoms in total. The van der Waals surface area contributed by atoms with Crippen LogP contribution in [-0.2, 0) is 4.74 Å². The van der Waals surface area contributed by atoms with Gasteiger partial charge in [-0.2, -0.15) is 5.10 Å². The maximum absolute atomic E-state index is 5.42. The van der Waals surface area contributed by atoms with Crippen molar-refractivity contribution < 1.29 is 4.74 Å². The van der Waals surface area contributed by atoms with E-state index in [1.165, 1.54) is 0 Å². The molecule has 1 saturated heterocycles. The summed E-state index contributed by atoms with van der Waals surface area (Å²) < 4.78 is 5.42. The minimum Gasteiger partial charge on any atom is -0.377 e. The van der Waals surface area contributed by atoms with Crippen molar-refractivity contribution in [3.05, 3.63) is 12.4 Å². The Labute approximate surface area is 71.3 Å². The summed E-state index contributed by atoms with van der Waals surface area (Å²) in [7, 11) is 0. The lowest BCUT2D eigenvalue weighted by molar-refractivity contribution is 0.121. The standard InChI is InChI=1S/C8H13N3O/c1-6-8(2-3-12-6)11-7-4-9-10-5-7/h4-6,8,11H,2-3H2,1H3,(H,9,10). The number of ether oxygens (including phenoxy) is 1. The van der Waals surface area contributed by atoms with E-state index in [-0.39, 0.29) is 0 Å². The van der Waals surface area contributed by atoms with Crippen LogP contribution in [0.15, 0.2) is 12.4 Å². The number of nitrogens with one attached hydrogen (secondary N) is 2. The molecule has 66 valence electrons. The largest absolute Gasteiger partial charge is 0.377 e. The van der Waals surface area contributed by atoms with Crippen LogP contribution in [0.3, 0.4) is 0 Å². The Hall–Kier alpha value is -1.03. The first-order chi connectivity index (χ1) is 5.86. The van der Waals surface area contributed by atoms with Gasteiger partial charge < -0.3 is 10.1 Å². The van der Waals surface area contributed by atoms with Gasteiger partial charge in [0.2, 0.25) is 0 Å². The average Bonchev–Trinajstić information content (AvgIpc) is 2.65. The topological polar surface area (TPSA) is 49.9 Å². The number of anilines is 1. The molecule has 2 atom stereocenters. The molecule has 0 amide bonds. The molecule has 0 radical (unpaired) electrons. The average molecular weight is 167 g/mol. The highest BCUT2D eigenvalue weighted by atomic mass is 16.5. The number of hydrogen-bond acceptors (Lipinski definition) is 3. The maximum atomic E-state index is 5.42. The maximum Gasteiger partial charge on any atom is 0.0748 e. The van der Waals surface area contributed by atoms with Crippen molar-refractivity contribution in [3.8, 4) is 0 Å². The van der Waals surface area contributed by atoms with Gasteiger partial charge in [-0.05, 0) is 13.3 Å². The van der Waals surface area contributed by atoms with Gasteiger partial charge in [-0.3, -0.25) is 5.10 Å². The monoisotopic (exact) mass is 167 g/mol. The third kappa shape index (κ3) is 1.43. The lowest BCUT2D eigenvalue weighted by atomic mass is 10.1. The molecule has 1 fully saturated rings. The molecule has 0 aliphatic carbocycles. The van der Waals surface area contributed by atoms with Crippen molar-refractivity contribution in [2.45, 2.75) is 25.5 Å². The fraction of sp³-hybridized carbons (Fsp3) is 0.625. The van der Waals surface area contributed by atoms with E-state index in [2.05, 4.69) is 22.4 Å². The number of rotatable bonds is 2. The van der Waals surface area contributed by atoms with Crippen molar-refractivity contribution >= 4 is 5.69 Å². The van der Waals surface area contributed by atoms with Crippen LogP contribution < -0.4 is 5.32 Å². The van der Waals surface area contributed by atoms with Gasteiger partial charge in [-0.25, -0.2) is 0 Å². The summed E-state index contributed by atoms with van der Waals surface area (Å²) in [5.74, 6) is 0. The van der Waals surface area contributed by atoms with E-state index in [1.54, 1.807) is 6.20 Å². The molecule has 0 aromatic carbocycles. The molecule has 12 heavy (non-hydrogen) atoms. The first-order valence-corrected chi connectivity index (χ1v) is 4.23. The van der Waals surface area contributed by atoms with E-state index in [1.807, 2.05) is 6.20 Å². The zero-order valence-electron chi connectivity index (χ0n) is 7.08. The number of aromatic nitrogens is 2. The second-order valence-electron chi connectivity index (χ2n) is 3.10. The summed E-state index contributed by atoms with van der Waals surface area (Å²) in [4.78, 5) is 0. The fourth-order valence-electron chi connectivity index (χ4n) is 1.47. The SMILES string of the molecule is CC1OCCC1Nc1cn[nH]c1. The highest BCUT2D eigenvalue weighted by molar-refractivity contribution is 5.39. The Morgan fingerprint density at radius 1 is 1.75 bits per heavy atom. The quantitative estimate of drug-likeness (QED) is 0.690. The number of aromatic amines is 1. The van der Waals surface area contributed by atoms with E-state index in [0.717, 1.165) is 18.7 Å². The molecule has 2 heterocycles. The van der Waals surface area contributed by atoms with E-state index in [4.69, 9.17) is 4.74 Å². The number of nitrogens with zero attached hydrogens (tertiary/aromatic N) is 1. The summed E-state index contributed by atoms with van der Waals surface area (Å²) in [6.07, 6.45) is 5.02. The molecule has 0 saturated carbocycles. The fourth-order valence-corrected chi connectivity index (χ4v) is 1.47. The van der Waals surface area contributed by atoms with Crippen molar-refractivity contribution in [1.82, 2.24) is 10.2 Å². The molecule has 0 spiro atoms. The van der Waals surface area contributed by atoms with E-state index >= 15 is 0 Å². The summed E-state index contributed by atoms with van der Waals surface area (Å²) in [6, 6.07) is 0.433. The van der Waals surface area contributed by atoms with Gasteiger partial charge in [0.25, 0.3) is 0 Å². The second-order valence-corrected chi connectivity index (χ2v) is 3.10. The lowest BCUT2D eigenvalue weighted by Gasteiger charge is -2.15. The highest BCUT2D eigenvalue weighted by Crippen LogP contribution is 2.17. The Kier molecular flexibility index (Phi) is 1.99. The smallest absolute Gasteiger partial charge is 0.0748 e. The highest BCUT2D eigenvalue weighted by Gasteiger charge is 2.23. The summed E-state index contributed by atoms with van der Waals surface area (Å²) >= 11 is 0. The molecular weight excluding hydrogens is 154 g/mol. The third-order valence-corrected chi connectivity index (χ3v) is 2.23.